The molecule has 0 fully saturated rings. The average Bonchev–Trinajstić information content (AvgIpc) is 2.89. The molecule has 38 heavy (non-hydrogen) atoms. The average molecular weight is 529 g/mol. The maximum absolute atomic E-state index is 14.5. The molecule has 4 N–H and O–H groups in total. The van der Waals surface area contributed by atoms with Crippen molar-refractivity contribution in [3.63, 3.8) is 0 Å². The summed E-state index contributed by atoms with van der Waals surface area (Å²) in [5.74, 6) is -0.320. The lowest BCUT2D eigenvalue weighted by Gasteiger charge is -2.25. The van der Waals surface area contributed by atoms with Gasteiger partial charge in [0.25, 0.3) is 0 Å². The Bertz CT molecular complexity index is 1050. The highest BCUT2D eigenvalue weighted by molar-refractivity contribution is 5.83. The number of carbonyl (C=O) groups excluding carboxylic acids is 2. The van der Waals surface area contributed by atoms with E-state index in [4.69, 9.17) is 4.74 Å². The molecule has 1 aromatic heterocycles. The third-order valence-electron chi connectivity index (χ3n) is 6.78. The van der Waals surface area contributed by atoms with E-state index in [-0.39, 0.29) is 43.5 Å². The van der Waals surface area contributed by atoms with Crippen LogP contribution in [-0.2, 0) is 29.0 Å². The zero-order valence-electron chi connectivity index (χ0n) is 22.5. The first-order valence-corrected chi connectivity index (χ1v) is 13.7. The molecule has 2 amide bonds. The molecule has 9 heteroatoms. The van der Waals surface area contributed by atoms with E-state index in [0.29, 0.717) is 31.0 Å². The number of amides is 2. The summed E-state index contributed by atoms with van der Waals surface area (Å²) in [7, 11) is 0. The number of rotatable bonds is 8. The molecular weight excluding hydrogens is 487 g/mol. The molecule has 0 saturated heterocycles. The van der Waals surface area contributed by atoms with Crippen LogP contribution < -0.4 is 20.7 Å². The van der Waals surface area contributed by atoms with Crippen LogP contribution in [0.2, 0.25) is 0 Å². The first-order chi connectivity index (χ1) is 18.4. The van der Waals surface area contributed by atoms with Crippen molar-refractivity contribution in [2.75, 3.05) is 19.7 Å². The normalized spacial score (nSPS) is 20.2. The van der Waals surface area contributed by atoms with E-state index in [2.05, 4.69) is 40.8 Å². The molecule has 0 saturated carbocycles. The molecule has 2 aromatic rings. The zero-order chi connectivity index (χ0) is 27.3. The van der Waals surface area contributed by atoms with E-state index in [0.717, 1.165) is 36.8 Å². The Morgan fingerprint density at radius 2 is 1.92 bits per heavy atom. The van der Waals surface area contributed by atoms with Gasteiger partial charge < -0.3 is 25.8 Å². The maximum atomic E-state index is 14.5. The highest BCUT2D eigenvalue weighted by atomic mass is 19.1. The Kier molecular flexibility index (Phi) is 12.0. The predicted molar refractivity (Wildman–Crippen MR) is 144 cm³/mol. The van der Waals surface area contributed by atoms with Crippen LogP contribution >= 0.6 is 0 Å². The van der Waals surface area contributed by atoms with E-state index in [1.807, 2.05) is 6.20 Å². The lowest BCUT2D eigenvalue weighted by Crippen LogP contribution is -2.48. The minimum absolute atomic E-state index is 0.00780. The molecule has 2 bridgehead atoms. The lowest BCUT2D eigenvalue weighted by atomic mass is 9.99. The Hall–Kier alpha value is -3.04. The van der Waals surface area contributed by atoms with Gasteiger partial charge in [-0.3, -0.25) is 14.6 Å². The summed E-state index contributed by atoms with van der Waals surface area (Å²) in [4.78, 5) is 29.2. The van der Waals surface area contributed by atoms with Crippen LogP contribution in [0.4, 0.5) is 4.39 Å². The van der Waals surface area contributed by atoms with Crippen LogP contribution in [0, 0.1) is 11.7 Å². The summed E-state index contributed by atoms with van der Waals surface area (Å²) < 4.78 is 20.4. The standard InChI is InChI=1S/C29H41FN4O4/c1-3-5-21-8-9-33-28(36)6-7-29(37)34-26(13-22-11-24(30)14-25(12-22)38-19-21)27(35)18-32-17-23-10-20(4-2)15-31-16-23/h10-12,14-16,21,26-27,32,35H,3-9,13,17-19H2,1-2H3,(H,33,36)(H,34,37). The third kappa shape index (κ3) is 10.0. The number of halogens is 1. The number of ether oxygens (including phenoxy) is 1. The second kappa shape index (κ2) is 15.4. The second-order valence-electron chi connectivity index (χ2n) is 10.0. The van der Waals surface area contributed by atoms with Gasteiger partial charge in [0.2, 0.25) is 11.8 Å². The van der Waals surface area contributed by atoms with Gasteiger partial charge in [-0.2, -0.15) is 0 Å². The van der Waals surface area contributed by atoms with Gasteiger partial charge >= 0.3 is 0 Å². The number of aromatic nitrogens is 1. The summed E-state index contributed by atoms with van der Waals surface area (Å²) >= 11 is 0. The first kappa shape index (κ1) is 29.5. The van der Waals surface area contributed by atoms with Gasteiger partial charge in [-0.1, -0.05) is 26.3 Å². The Morgan fingerprint density at radius 1 is 1.13 bits per heavy atom. The predicted octanol–water partition coefficient (Wildman–Crippen LogP) is 3.06. The molecule has 0 aliphatic carbocycles. The van der Waals surface area contributed by atoms with Crippen LogP contribution in [0.1, 0.15) is 62.6 Å². The largest absolute Gasteiger partial charge is 0.493 e. The number of carbonyl (C=O) groups is 2. The summed E-state index contributed by atoms with van der Waals surface area (Å²) in [5, 5.41) is 20.0. The molecule has 1 aliphatic heterocycles. The van der Waals surface area contributed by atoms with Crippen molar-refractivity contribution in [2.24, 2.45) is 5.92 Å². The van der Waals surface area contributed by atoms with Gasteiger partial charge in [-0.15, -0.1) is 0 Å². The monoisotopic (exact) mass is 528 g/mol. The number of aliphatic hydroxyl groups excluding tert-OH is 1. The fraction of sp³-hybridized carbons (Fsp3) is 0.552. The molecule has 2 heterocycles. The van der Waals surface area contributed by atoms with Crippen molar-refractivity contribution < 1.29 is 23.8 Å². The van der Waals surface area contributed by atoms with Gasteiger partial charge in [-0.05, 0) is 60.4 Å². The molecule has 0 radical (unpaired) electrons. The summed E-state index contributed by atoms with van der Waals surface area (Å²) in [5.41, 5.74) is 2.74. The van der Waals surface area contributed by atoms with Gasteiger partial charge in [0, 0.05) is 50.9 Å². The van der Waals surface area contributed by atoms with E-state index < -0.39 is 18.0 Å². The van der Waals surface area contributed by atoms with Crippen LogP contribution in [0.25, 0.3) is 0 Å². The molecule has 1 aromatic carbocycles. The number of nitrogens with one attached hydrogen (secondary N) is 3. The number of hydrogen-bond donors (Lipinski definition) is 4. The third-order valence-corrected chi connectivity index (χ3v) is 6.78. The molecule has 3 unspecified atom stereocenters. The van der Waals surface area contributed by atoms with Crippen LogP contribution in [0.15, 0.2) is 36.7 Å². The van der Waals surface area contributed by atoms with Crippen molar-refractivity contribution in [2.45, 2.75) is 77.5 Å². The maximum Gasteiger partial charge on any atom is 0.220 e. The second-order valence-corrected chi connectivity index (χ2v) is 10.0. The number of aryl methyl sites for hydroxylation is 1. The number of benzene rings is 1. The van der Waals surface area contributed by atoms with E-state index in [1.54, 1.807) is 12.3 Å². The van der Waals surface area contributed by atoms with Crippen LogP contribution in [-0.4, -0.2) is 53.7 Å². The van der Waals surface area contributed by atoms with Crippen molar-refractivity contribution >= 4 is 11.8 Å². The van der Waals surface area contributed by atoms with Crippen molar-refractivity contribution in [1.82, 2.24) is 20.9 Å². The first-order valence-electron chi connectivity index (χ1n) is 13.7. The molecular formula is C29H41FN4O4. The quantitative estimate of drug-likeness (QED) is 0.419. The van der Waals surface area contributed by atoms with Gasteiger partial charge in [0.1, 0.15) is 11.6 Å². The highest BCUT2D eigenvalue weighted by Crippen LogP contribution is 2.21. The fourth-order valence-electron chi connectivity index (χ4n) is 4.64. The van der Waals surface area contributed by atoms with Crippen molar-refractivity contribution in [3.05, 3.63) is 59.2 Å². The van der Waals surface area contributed by atoms with Gasteiger partial charge in [0.15, 0.2) is 0 Å². The molecule has 208 valence electrons. The topological polar surface area (TPSA) is 113 Å². The lowest BCUT2D eigenvalue weighted by molar-refractivity contribution is -0.127. The Labute approximate surface area is 224 Å². The zero-order valence-corrected chi connectivity index (χ0v) is 22.5. The van der Waals surface area contributed by atoms with E-state index in [1.165, 1.54) is 12.1 Å². The summed E-state index contributed by atoms with van der Waals surface area (Å²) in [6, 6.07) is 5.88. The van der Waals surface area contributed by atoms with Crippen LogP contribution in [0.3, 0.4) is 0 Å². The van der Waals surface area contributed by atoms with Gasteiger partial charge in [-0.25, -0.2) is 4.39 Å². The summed E-state index contributed by atoms with van der Waals surface area (Å²) in [6.07, 6.45) is 6.47. The molecule has 1 aliphatic rings. The van der Waals surface area contributed by atoms with Crippen LogP contribution in [0.5, 0.6) is 5.75 Å². The number of nitrogens with zero attached hydrogens (tertiary/aromatic N) is 1. The van der Waals surface area contributed by atoms with Crippen molar-refractivity contribution in [1.29, 1.82) is 0 Å². The number of fused-ring (bicyclic) bond motifs is 2. The number of aliphatic hydroxyl groups is 1. The SMILES string of the molecule is CCCC1CCNC(=O)CCC(=O)NC(C(O)CNCc2cncc(CC)c2)Cc2cc(F)cc(c2)OC1. The minimum Gasteiger partial charge on any atom is -0.493 e. The number of hydrogen-bond acceptors (Lipinski definition) is 6. The van der Waals surface area contributed by atoms with Gasteiger partial charge in [0.05, 0.1) is 18.8 Å². The Morgan fingerprint density at radius 3 is 2.71 bits per heavy atom. The number of pyridine rings is 1. The fourth-order valence-corrected chi connectivity index (χ4v) is 4.64. The van der Waals surface area contributed by atoms with E-state index in [9.17, 15) is 19.1 Å². The Balaban J connectivity index is 1.73. The van der Waals surface area contributed by atoms with E-state index >= 15 is 0 Å². The highest BCUT2D eigenvalue weighted by Gasteiger charge is 2.23. The molecule has 3 rings (SSSR count). The molecule has 3 atom stereocenters. The molecule has 8 nitrogen and oxygen atoms in total. The summed E-state index contributed by atoms with van der Waals surface area (Å²) in [6.45, 7) is 5.79. The minimum atomic E-state index is -0.949. The van der Waals surface area contributed by atoms with Crippen molar-refractivity contribution in [3.8, 4) is 5.75 Å². The molecule has 0 spiro atoms. The smallest absolute Gasteiger partial charge is 0.220 e.